The van der Waals surface area contributed by atoms with Crippen molar-refractivity contribution in [2.24, 2.45) is 0 Å². The maximum absolute atomic E-state index is 10.6. The average Bonchev–Trinajstić information content (AvgIpc) is 2.26. The van der Waals surface area contributed by atoms with E-state index in [0.717, 1.165) is 17.4 Å². The molecule has 0 unspecified atom stereocenters. The van der Waals surface area contributed by atoms with Crippen LogP contribution in [-0.2, 0) is 4.79 Å². The largest absolute Gasteiger partial charge is 0.345 e. The second-order valence-corrected chi connectivity index (χ2v) is 3.40. The maximum Gasteiger partial charge on any atom is 0.217 e. The molecule has 0 aromatic heterocycles. The number of carbonyl (C=O) groups excluding carboxylic acids is 2. The quantitative estimate of drug-likeness (QED) is 0.597. The van der Waals surface area contributed by atoms with Gasteiger partial charge in [-0.1, -0.05) is 24.0 Å². The molecule has 1 aromatic carbocycles. The summed E-state index contributed by atoms with van der Waals surface area (Å²) in [6, 6.07) is 5.34. The standard InChI is InChI=1S/C13H13NO2/c1-10-5-6-12(9-15)8-13(10)4-3-7-14-11(2)16/h5-6,8-9H,7H2,1-2H3,(H,14,16). The summed E-state index contributed by atoms with van der Waals surface area (Å²) in [5.41, 5.74) is 2.44. The van der Waals surface area contributed by atoms with Crippen molar-refractivity contribution in [2.75, 3.05) is 6.54 Å². The van der Waals surface area contributed by atoms with E-state index >= 15 is 0 Å². The van der Waals surface area contributed by atoms with Gasteiger partial charge in [-0.2, -0.15) is 0 Å². The van der Waals surface area contributed by atoms with Gasteiger partial charge in [-0.05, 0) is 18.6 Å². The summed E-state index contributed by atoms with van der Waals surface area (Å²) < 4.78 is 0. The zero-order valence-electron chi connectivity index (χ0n) is 9.33. The number of carbonyl (C=O) groups is 2. The molecule has 0 aliphatic rings. The van der Waals surface area contributed by atoms with Crippen molar-refractivity contribution >= 4 is 12.2 Å². The van der Waals surface area contributed by atoms with Gasteiger partial charge in [0.1, 0.15) is 6.29 Å². The van der Waals surface area contributed by atoms with Crippen LogP contribution in [0.2, 0.25) is 0 Å². The van der Waals surface area contributed by atoms with E-state index in [-0.39, 0.29) is 5.91 Å². The fourth-order valence-corrected chi connectivity index (χ4v) is 1.16. The highest BCUT2D eigenvalue weighted by Crippen LogP contribution is 2.08. The van der Waals surface area contributed by atoms with Crippen molar-refractivity contribution < 1.29 is 9.59 Å². The summed E-state index contributed by atoms with van der Waals surface area (Å²) in [6.45, 7) is 3.69. The van der Waals surface area contributed by atoms with E-state index in [2.05, 4.69) is 17.2 Å². The van der Waals surface area contributed by atoms with Crippen LogP contribution in [0.25, 0.3) is 0 Å². The summed E-state index contributed by atoms with van der Waals surface area (Å²) in [4.78, 5) is 21.2. The highest BCUT2D eigenvalue weighted by atomic mass is 16.1. The summed E-state index contributed by atoms with van der Waals surface area (Å²) in [6.07, 6.45) is 0.790. The van der Waals surface area contributed by atoms with Crippen LogP contribution in [0.1, 0.15) is 28.4 Å². The predicted octanol–water partition coefficient (Wildman–Crippen LogP) is 1.30. The molecule has 1 aromatic rings. The Balaban J connectivity index is 2.79. The Morgan fingerprint density at radius 3 is 2.88 bits per heavy atom. The second-order valence-electron chi connectivity index (χ2n) is 3.40. The summed E-state index contributed by atoms with van der Waals surface area (Å²) in [5, 5.41) is 2.58. The van der Waals surface area contributed by atoms with Gasteiger partial charge >= 0.3 is 0 Å². The van der Waals surface area contributed by atoms with Crippen LogP contribution in [0.4, 0.5) is 0 Å². The monoisotopic (exact) mass is 215 g/mol. The number of hydrogen-bond donors (Lipinski definition) is 1. The molecule has 0 aliphatic heterocycles. The SMILES string of the molecule is CC(=O)NCC#Cc1cc(C=O)ccc1C. The molecule has 3 heteroatoms. The molecule has 0 aliphatic carbocycles. The fraction of sp³-hybridized carbons (Fsp3) is 0.231. The van der Waals surface area contributed by atoms with Gasteiger partial charge < -0.3 is 5.32 Å². The average molecular weight is 215 g/mol. The van der Waals surface area contributed by atoms with Crippen LogP contribution in [-0.4, -0.2) is 18.7 Å². The molecule has 1 rings (SSSR count). The minimum Gasteiger partial charge on any atom is -0.345 e. The molecule has 1 amide bonds. The minimum atomic E-state index is -0.104. The van der Waals surface area contributed by atoms with E-state index in [1.807, 2.05) is 13.0 Å². The van der Waals surface area contributed by atoms with Gasteiger partial charge in [-0.25, -0.2) is 0 Å². The van der Waals surface area contributed by atoms with E-state index in [1.54, 1.807) is 12.1 Å². The second kappa shape index (κ2) is 5.72. The van der Waals surface area contributed by atoms with Crippen LogP contribution >= 0.6 is 0 Å². The lowest BCUT2D eigenvalue weighted by Gasteiger charge is -1.98. The molecular weight excluding hydrogens is 202 g/mol. The third-order valence-electron chi connectivity index (χ3n) is 2.05. The first-order chi connectivity index (χ1) is 7.63. The lowest BCUT2D eigenvalue weighted by Crippen LogP contribution is -2.19. The molecule has 0 spiro atoms. The molecule has 0 saturated carbocycles. The van der Waals surface area contributed by atoms with E-state index in [0.29, 0.717) is 12.1 Å². The van der Waals surface area contributed by atoms with Gasteiger partial charge in [0.2, 0.25) is 5.91 Å². The molecule has 0 bridgehead atoms. The van der Waals surface area contributed by atoms with Crippen LogP contribution in [0.3, 0.4) is 0 Å². The zero-order valence-corrected chi connectivity index (χ0v) is 9.33. The summed E-state index contributed by atoms with van der Waals surface area (Å²) in [5.74, 6) is 5.64. The first kappa shape index (κ1) is 12.0. The number of aldehydes is 1. The number of nitrogens with one attached hydrogen (secondary N) is 1. The van der Waals surface area contributed by atoms with E-state index in [1.165, 1.54) is 6.92 Å². The predicted molar refractivity (Wildman–Crippen MR) is 62.1 cm³/mol. The topological polar surface area (TPSA) is 46.2 Å². The minimum absolute atomic E-state index is 0.104. The summed E-state index contributed by atoms with van der Waals surface area (Å²) in [7, 11) is 0. The van der Waals surface area contributed by atoms with Crippen molar-refractivity contribution in [3.05, 3.63) is 34.9 Å². The van der Waals surface area contributed by atoms with Crippen molar-refractivity contribution in [3.63, 3.8) is 0 Å². The first-order valence-electron chi connectivity index (χ1n) is 4.92. The molecule has 0 radical (unpaired) electrons. The van der Waals surface area contributed by atoms with Gasteiger partial charge in [-0.15, -0.1) is 0 Å². The van der Waals surface area contributed by atoms with Gasteiger partial charge in [0.25, 0.3) is 0 Å². The van der Waals surface area contributed by atoms with Gasteiger partial charge in [-0.3, -0.25) is 9.59 Å². The van der Waals surface area contributed by atoms with E-state index < -0.39 is 0 Å². The smallest absolute Gasteiger partial charge is 0.217 e. The Bertz CT molecular complexity index is 467. The number of amides is 1. The molecule has 16 heavy (non-hydrogen) atoms. The molecular formula is C13H13NO2. The molecule has 3 nitrogen and oxygen atoms in total. The highest BCUT2D eigenvalue weighted by molar-refractivity contribution is 5.76. The Morgan fingerprint density at radius 1 is 1.50 bits per heavy atom. The highest BCUT2D eigenvalue weighted by Gasteiger charge is 1.96. The Kier molecular flexibility index (Phi) is 4.28. The molecule has 0 heterocycles. The Morgan fingerprint density at radius 2 is 2.25 bits per heavy atom. The Labute approximate surface area is 94.9 Å². The van der Waals surface area contributed by atoms with Crippen molar-refractivity contribution in [3.8, 4) is 11.8 Å². The molecule has 0 atom stereocenters. The van der Waals surface area contributed by atoms with Crippen LogP contribution in [0.5, 0.6) is 0 Å². The first-order valence-corrected chi connectivity index (χ1v) is 4.92. The van der Waals surface area contributed by atoms with E-state index in [9.17, 15) is 9.59 Å². The number of aryl methyl sites for hydroxylation is 1. The molecule has 82 valence electrons. The Hall–Kier alpha value is -2.08. The normalized spacial score (nSPS) is 8.88. The van der Waals surface area contributed by atoms with Crippen molar-refractivity contribution in [1.29, 1.82) is 0 Å². The molecule has 0 saturated heterocycles. The number of hydrogen-bond acceptors (Lipinski definition) is 2. The van der Waals surface area contributed by atoms with Crippen molar-refractivity contribution in [2.45, 2.75) is 13.8 Å². The van der Waals surface area contributed by atoms with Gasteiger partial charge in [0.05, 0.1) is 6.54 Å². The van der Waals surface area contributed by atoms with Crippen LogP contribution < -0.4 is 5.32 Å². The number of rotatable bonds is 2. The third kappa shape index (κ3) is 3.58. The van der Waals surface area contributed by atoms with Crippen molar-refractivity contribution in [1.82, 2.24) is 5.32 Å². The van der Waals surface area contributed by atoms with Gasteiger partial charge in [0.15, 0.2) is 0 Å². The molecule has 1 N–H and O–H groups in total. The lowest BCUT2D eigenvalue weighted by molar-refractivity contribution is -0.118. The lowest BCUT2D eigenvalue weighted by atomic mass is 10.1. The molecule has 0 fully saturated rings. The zero-order chi connectivity index (χ0) is 12.0. The maximum atomic E-state index is 10.6. The fourth-order valence-electron chi connectivity index (χ4n) is 1.16. The number of benzene rings is 1. The van der Waals surface area contributed by atoms with Crippen LogP contribution in [0.15, 0.2) is 18.2 Å². The van der Waals surface area contributed by atoms with E-state index in [4.69, 9.17) is 0 Å². The third-order valence-corrected chi connectivity index (χ3v) is 2.05. The van der Waals surface area contributed by atoms with Crippen LogP contribution in [0, 0.1) is 18.8 Å². The van der Waals surface area contributed by atoms with Gasteiger partial charge in [0, 0.05) is 18.1 Å². The summed E-state index contributed by atoms with van der Waals surface area (Å²) >= 11 is 0.